The van der Waals surface area contributed by atoms with Crippen LogP contribution in [0.4, 0.5) is 0 Å². The summed E-state index contributed by atoms with van der Waals surface area (Å²) in [6, 6.07) is 20.5. The van der Waals surface area contributed by atoms with E-state index in [0.717, 1.165) is 21.0 Å². The average molecular weight is 498 g/mol. The van der Waals surface area contributed by atoms with Gasteiger partial charge in [0.2, 0.25) is 0 Å². The van der Waals surface area contributed by atoms with Gasteiger partial charge in [0.25, 0.3) is 0 Å². The van der Waals surface area contributed by atoms with Crippen LogP contribution in [0.1, 0.15) is 27.2 Å². The molecule has 0 bridgehead atoms. The van der Waals surface area contributed by atoms with Crippen LogP contribution in [0.2, 0.25) is 5.02 Å². The van der Waals surface area contributed by atoms with Crippen molar-refractivity contribution in [3.8, 4) is 5.75 Å². The molecule has 0 fully saturated rings. The second kappa shape index (κ2) is 9.37. The Balaban J connectivity index is 1.45. The highest BCUT2D eigenvalue weighted by Crippen LogP contribution is 2.24. The summed E-state index contributed by atoms with van der Waals surface area (Å²) in [5.41, 5.74) is 6.05. The molecule has 0 spiro atoms. The van der Waals surface area contributed by atoms with Crippen molar-refractivity contribution in [2.75, 3.05) is 0 Å². The van der Waals surface area contributed by atoms with Crippen LogP contribution in [0.5, 0.6) is 5.75 Å². The number of hydrazone groups is 1. The Labute approximate surface area is 192 Å². The van der Waals surface area contributed by atoms with Gasteiger partial charge in [0.05, 0.1) is 6.21 Å². The van der Waals surface area contributed by atoms with Gasteiger partial charge in [0.1, 0.15) is 17.9 Å². The smallest absolute Gasteiger partial charge is 0.307 e. The lowest BCUT2D eigenvalue weighted by Crippen LogP contribution is -2.16. The Hall–Kier alpha value is -3.09. The van der Waals surface area contributed by atoms with E-state index in [9.17, 15) is 4.79 Å². The lowest BCUT2D eigenvalue weighted by molar-refractivity contribution is 0.0929. The van der Waals surface area contributed by atoms with Crippen molar-refractivity contribution in [3.05, 3.63) is 98.7 Å². The lowest BCUT2D eigenvalue weighted by atomic mass is 10.1. The maximum atomic E-state index is 12.4. The number of carbonyl (C=O) groups excluding carboxylic acids is 1. The molecule has 0 atom stereocenters. The summed E-state index contributed by atoms with van der Waals surface area (Å²) in [6.45, 7) is 2.47. The molecule has 0 unspecified atom stereocenters. The number of furan rings is 1. The number of benzene rings is 3. The van der Waals surface area contributed by atoms with E-state index in [1.165, 1.54) is 11.8 Å². The monoisotopic (exact) mass is 496 g/mol. The van der Waals surface area contributed by atoms with Gasteiger partial charge in [-0.05, 0) is 55.0 Å². The minimum atomic E-state index is -0.458. The van der Waals surface area contributed by atoms with Crippen molar-refractivity contribution < 1.29 is 13.9 Å². The van der Waals surface area contributed by atoms with Crippen LogP contribution in [0, 0.1) is 6.92 Å². The molecule has 1 aromatic heterocycles. The van der Waals surface area contributed by atoms with E-state index in [2.05, 4.69) is 26.5 Å². The van der Waals surface area contributed by atoms with Crippen LogP contribution in [-0.4, -0.2) is 12.1 Å². The van der Waals surface area contributed by atoms with E-state index in [-0.39, 0.29) is 5.76 Å². The van der Waals surface area contributed by atoms with Crippen molar-refractivity contribution in [1.29, 1.82) is 0 Å². The predicted octanol–water partition coefficient (Wildman–Crippen LogP) is 6.50. The predicted molar refractivity (Wildman–Crippen MR) is 126 cm³/mol. The highest BCUT2D eigenvalue weighted by atomic mass is 79.9. The maximum absolute atomic E-state index is 12.4. The first-order chi connectivity index (χ1) is 15.0. The first-order valence-corrected chi connectivity index (χ1v) is 10.7. The Bertz CT molecular complexity index is 1270. The Morgan fingerprint density at radius 3 is 2.74 bits per heavy atom. The van der Waals surface area contributed by atoms with E-state index < -0.39 is 5.91 Å². The summed E-state index contributed by atoms with van der Waals surface area (Å²) in [5, 5.41) is 5.39. The molecule has 31 heavy (non-hydrogen) atoms. The molecule has 1 heterocycles. The zero-order chi connectivity index (χ0) is 21.8. The largest absolute Gasteiger partial charge is 0.488 e. The number of nitrogens with one attached hydrogen (secondary N) is 1. The first kappa shape index (κ1) is 21.2. The van der Waals surface area contributed by atoms with E-state index in [0.29, 0.717) is 23.0 Å². The van der Waals surface area contributed by atoms with Crippen molar-refractivity contribution in [3.63, 3.8) is 0 Å². The number of rotatable bonds is 6. The van der Waals surface area contributed by atoms with E-state index >= 15 is 0 Å². The number of amides is 1. The van der Waals surface area contributed by atoms with Gasteiger partial charge < -0.3 is 9.15 Å². The third kappa shape index (κ3) is 5.34. The molecule has 156 valence electrons. The van der Waals surface area contributed by atoms with Gasteiger partial charge in [-0.3, -0.25) is 4.79 Å². The molecule has 5 nitrogen and oxygen atoms in total. The zero-order valence-electron chi connectivity index (χ0n) is 16.6. The van der Waals surface area contributed by atoms with E-state index in [4.69, 9.17) is 20.8 Å². The van der Waals surface area contributed by atoms with Gasteiger partial charge in [-0.1, -0.05) is 57.4 Å². The normalized spacial score (nSPS) is 11.2. The number of fused-ring (bicyclic) bond motifs is 1. The fraction of sp³-hybridized carbons (Fsp3) is 0.0833. The highest BCUT2D eigenvalue weighted by Gasteiger charge is 2.12. The lowest BCUT2D eigenvalue weighted by Gasteiger charge is -2.10. The third-order valence-corrected chi connectivity index (χ3v) is 5.29. The number of ether oxygens (including phenoxy) is 1. The third-order valence-electron chi connectivity index (χ3n) is 4.56. The van der Waals surface area contributed by atoms with Crippen LogP contribution < -0.4 is 10.2 Å². The summed E-state index contributed by atoms with van der Waals surface area (Å²) in [7, 11) is 0. The molecule has 0 aliphatic carbocycles. The van der Waals surface area contributed by atoms with Gasteiger partial charge in [-0.15, -0.1) is 0 Å². The maximum Gasteiger partial charge on any atom is 0.307 e. The fourth-order valence-electron chi connectivity index (χ4n) is 2.94. The molecule has 0 aliphatic rings. The number of hydrogen-bond donors (Lipinski definition) is 1. The van der Waals surface area contributed by atoms with Gasteiger partial charge in [-0.25, -0.2) is 5.43 Å². The van der Waals surface area contributed by atoms with Gasteiger partial charge in [0, 0.05) is 20.4 Å². The summed E-state index contributed by atoms with van der Waals surface area (Å²) in [4.78, 5) is 12.4. The van der Waals surface area contributed by atoms with Crippen LogP contribution >= 0.6 is 27.5 Å². The van der Waals surface area contributed by atoms with Crippen molar-refractivity contribution in [2.24, 2.45) is 5.10 Å². The second-order valence-corrected chi connectivity index (χ2v) is 8.30. The van der Waals surface area contributed by atoms with E-state index in [1.54, 1.807) is 24.3 Å². The Kier molecular flexibility index (Phi) is 6.39. The number of carbonyl (C=O) groups is 1. The zero-order valence-corrected chi connectivity index (χ0v) is 18.9. The Morgan fingerprint density at radius 1 is 1.13 bits per heavy atom. The molecule has 0 radical (unpaired) electrons. The van der Waals surface area contributed by atoms with Gasteiger partial charge >= 0.3 is 5.91 Å². The topological polar surface area (TPSA) is 63.8 Å². The summed E-state index contributed by atoms with van der Waals surface area (Å²) < 4.78 is 12.4. The average Bonchev–Trinajstić information content (AvgIpc) is 3.17. The number of nitrogens with zero attached hydrogens (tertiary/aromatic N) is 1. The van der Waals surface area contributed by atoms with Gasteiger partial charge in [-0.2, -0.15) is 5.10 Å². The summed E-state index contributed by atoms with van der Waals surface area (Å²) >= 11 is 9.43. The quantitative estimate of drug-likeness (QED) is 0.244. The minimum Gasteiger partial charge on any atom is -0.488 e. The molecular formula is C24H18BrClN2O3. The Morgan fingerprint density at radius 2 is 1.94 bits per heavy atom. The van der Waals surface area contributed by atoms with Gasteiger partial charge in [0.15, 0.2) is 5.76 Å². The summed E-state index contributed by atoms with van der Waals surface area (Å²) in [5.74, 6) is 0.348. The second-order valence-electron chi connectivity index (χ2n) is 6.95. The first-order valence-electron chi connectivity index (χ1n) is 9.48. The molecule has 4 aromatic rings. The SMILES string of the molecule is Cc1ccc(COc2ccc(Br)cc2/C=N/NC(=O)c2cc3cc(Cl)ccc3o2)cc1. The standard InChI is InChI=1S/C24H18BrClN2O3/c1-15-2-4-16(5-3-15)14-30-21-8-6-19(25)10-18(21)13-27-28-24(29)23-12-17-11-20(26)7-9-22(17)31-23/h2-13H,14H2,1H3,(H,28,29)/b27-13+. The number of aryl methyl sites for hydroxylation is 1. The minimum absolute atomic E-state index is 0.152. The number of hydrogen-bond acceptors (Lipinski definition) is 4. The van der Waals surface area contributed by atoms with Crippen molar-refractivity contribution >= 4 is 50.6 Å². The molecular weight excluding hydrogens is 480 g/mol. The van der Waals surface area contributed by atoms with Crippen LogP contribution in [-0.2, 0) is 6.61 Å². The van der Waals surface area contributed by atoms with Crippen LogP contribution in [0.25, 0.3) is 11.0 Å². The van der Waals surface area contributed by atoms with Crippen LogP contribution in [0.15, 0.2) is 80.7 Å². The fourth-order valence-corrected chi connectivity index (χ4v) is 3.50. The molecule has 0 saturated carbocycles. The molecule has 4 rings (SSSR count). The highest BCUT2D eigenvalue weighted by molar-refractivity contribution is 9.10. The molecule has 7 heteroatoms. The number of halogens is 2. The van der Waals surface area contributed by atoms with Crippen molar-refractivity contribution in [2.45, 2.75) is 13.5 Å². The van der Waals surface area contributed by atoms with Crippen molar-refractivity contribution in [1.82, 2.24) is 5.43 Å². The van der Waals surface area contributed by atoms with Crippen LogP contribution in [0.3, 0.4) is 0 Å². The summed E-state index contributed by atoms with van der Waals surface area (Å²) in [6.07, 6.45) is 1.53. The molecule has 0 aliphatic heterocycles. The van der Waals surface area contributed by atoms with E-state index in [1.807, 2.05) is 49.4 Å². The molecule has 3 aromatic carbocycles. The molecule has 0 saturated heterocycles. The molecule has 1 amide bonds. The molecule has 1 N–H and O–H groups in total.